The molecule has 0 saturated carbocycles. The van der Waals surface area contributed by atoms with Gasteiger partial charge in [-0.2, -0.15) is 0 Å². The molecule has 1 saturated heterocycles. The smallest absolute Gasteiger partial charge is 0.0701 e. The van der Waals surface area contributed by atoms with Crippen molar-refractivity contribution in [3.05, 3.63) is 29.8 Å². The van der Waals surface area contributed by atoms with Crippen LogP contribution in [0.3, 0.4) is 0 Å². The van der Waals surface area contributed by atoms with Crippen LogP contribution < -0.4 is 0 Å². The van der Waals surface area contributed by atoms with Crippen LogP contribution in [0.5, 0.6) is 0 Å². The zero-order valence-electron chi connectivity index (χ0n) is 12.3. The van der Waals surface area contributed by atoms with Crippen molar-refractivity contribution in [2.24, 2.45) is 0 Å². The van der Waals surface area contributed by atoms with Gasteiger partial charge in [-0.25, -0.2) is 0 Å². The number of likely N-dealkylation sites (tertiary alicyclic amines) is 1. The lowest BCUT2D eigenvalue weighted by molar-refractivity contribution is -0.00668. The molecule has 0 amide bonds. The van der Waals surface area contributed by atoms with Gasteiger partial charge in [0.1, 0.15) is 0 Å². The first-order chi connectivity index (χ1) is 9.78. The molecule has 1 fully saturated rings. The van der Waals surface area contributed by atoms with Crippen LogP contribution in [-0.2, 0) is 4.74 Å². The molecule has 20 heavy (non-hydrogen) atoms. The Morgan fingerprint density at radius 1 is 1.25 bits per heavy atom. The van der Waals surface area contributed by atoms with Crippen molar-refractivity contribution in [2.75, 3.05) is 38.6 Å². The van der Waals surface area contributed by atoms with Gasteiger partial charge >= 0.3 is 0 Å². The van der Waals surface area contributed by atoms with Gasteiger partial charge in [-0.15, -0.1) is 11.8 Å². The summed E-state index contributed by atoms with van der Waals surface area (Å²) in [4.78, 5) is 3.87. The second-order valence-corrected chi connectivity index (χ2v) is 6.47. The highest BCUT2D eigenvalue weighted by Crippen LogP contribution is 2.19. The summed E-state index contributed by atoms with van der Waals surface area (Å²) in [6.45, 7) is 6.11. The number of rotatable bonds is 7. The van der Waals surface area contributed by atoms with Crippen LogP contribution in [-0.4, -0.2) is 54.7 Å². The average Bonchev–Trinajstić information content (AvgIpc) is 2.48. The molecule has 1 heterocycles. The zero-order chi connectivity index (χ0) is 14.2. The number of aliphatic hydroxyl groups is 1. The van der Waals surface area contributed by atoms with E-state index in [9.17, 15) is 0 Å². The van der Waals surface area contributed by atoms with Crippen LogP contribution in [0.2, 0.25) is 0 Å². The summed E-state index contributed by atoms with van der Waals surface area (Å²) < 4.78 is 5.58. The minimum atomic E-state index is 0.132. The molecular weight excluding hydrogens is 270 g/mol. The zero-order valence-corrected chi connectivity index (χ0v) is 13.1. The van der Waals surface area contributed by atoms with E-state index < -0.39 is 0 Å². The number of ether oxygens (including phenoxy) is 1. The number of hydrogen-bond acceptors (Lipinski definition) is 4. The molecule has 0 aliphatic carbocycles. The summed E-state index contributed by atoms with van der Waals surface area (Å²) >= 11 is 1.93. The first kappa shape index (κ1) is 15.8. The summed E-state index contributed by atoms with van der Waals surface area (Å²) in [5.74, 6) is 1.14. The van der Waals surface area contributed by atoms with Crippen molar-refractivity contribution in [1.82, 2.24) is 4.90 Å². The Labute approximate surface area is 126 Å². The van der Waals surface area contributed by atoms with Crippen LogP contribution in [0.4, 0.5) is 0 Å². The maximum absolute atomic E-state index is 8.75. The van der Waals surface area contributed by atoms with Gasteiger partial charge in [-0.3, -0.25) is 0 Å². The summed E-state index contributed by atoms with van der Waals surface area (Å²) in [7, 11) is 0. The van der Waals surface area contributed by atoms with E-state index in [4.69, 9.17) is 9.84 Å². The predicted octanol–water partition coefficient (Wildman–Crippen LogP) is 2.56. The molecule has 1 aliphatic heterocycles. The Morgan fingerprint density at radius 2 is 1.95 bits per heavy atom. The third-order valence-corrected chi connectivity index (χ3v) is 4.67. The molecule has 0 radical (unpaired) electrons. The van der Waals surface area contributed by atoms with Crippen molar-refractivity contribution in [2.45, 2.75) is 30.8 Å². The third kappa shape index (κ3) is 5.44. The van der Waals surface area contributed by atoms with Crippen LogP contribution in [0.25, 0.3) is 0 Å². The third-order valence-electron chi connectivity index (χ3n) is 3.68. The van der Waals surface area contributed by atoms with Crippen molar-refractivity contribution in [3.63, 3.8) is 0 Å². The molecule has 1 N–H and O–H groups in total. The summed E-state index contributed by atoms with van der Waals surface area (Å²) in [5, 5.41) is 8.75. The maximum atomic E-state index is 8.75. The summed E-state index contributed by atoms with van der Waals surface area (Å²) in [6, 6.07) is 8.75. The minimum absolute atomic E-state index is 0.132. The maximum Gasteiger partial charge on any atom is 0.0701 e. The Kier molecular flexibility index (Phi) is 6.87. The van der Waals surface area contributed by atoms with Crippen molar-refractivity contribution in [3.8, 4) is 0 Å². The fraction of sp³-hybridized carbons (Fsp3) is 0.625. The molecule has 1 aromatic rings. The number of piperidine rings is 1. The molecule has 0 bridgehead atoms. The second kappa shape index (κ2) is 8.67. The van der Waals surface area contributed by atoms with Crippen molar-refractivity contribution in [1.29, 1.82) is 0 Å². The lowest BCUT2D eigenvalue weighted by Gasteiger charge is -2.31. The van der Waals surface area contributed by atoms with Crippen LogP contribution >= 0.6 is 11.8 Å². The first-order valence-corrected chi connectivity index (χ1v) is 8.41. The van der Waals surface area contributed by atoms with Crippen LogP contribution in [0.15, 0.2) is 29.2 Å². The lowest BCUT2D eigenvalue weighted by atomic mass is 10.1. The summed E-state index contributed by atoms with van der Waals surface area (Å²) in [6.07, 6.45) is 2.54. The van der Waals surface area contributed by atoms with Crippen LogP contribution in [0.1, 0.15) is 18.4 Å². The molecule has 2 rings (SSSR count). The highest BCUT2D eigenvalue weighted by atomic mass is 32.2. The lowest BCUT2D eigenvalue weighted by Crippen LogP contribution is -2.38. The number of benzene rings is 1. The number of nitrogens with zero attached hydrogens (tertiary/aromatic N) is 1. The van der Waals surface area contributed by atoms with E-state index in [0.29, 0.717) is 12.7 Å². The van der Waals surface area contributed by atoms with Crippen LogP contribution in [0, 0.1) is 6.92 Å². The van der Waals surface area contributed by atoms with E-state index in [0.717, 1.165) is 38.2 Å². The Morgan fingerprint density at radius 3 is 2.60 bits per heavy atom. The van der Waals surface area contributed by atoms with Gasteiger partial charge in [-0.05, 0) is 31.9 Å². The van der Waals surface area contributed by atoms with E-state index in [1.54, 1.807) is 0 Å². The van der Waals surface area contributed by atoms with Gasteiger partial charge in [-0.1, -0.05) is 17.7 Å². The Hall–Kier alpha value is -0.550. The minimum Gasteiger partial charge on any atom is -0.394 e. The molecule has 4 heteroatoms. The largest absolute Gasteiger partial charge is 0.394 e. The molecule has 0 atom stereocenters. The monoisotopic (exact) mass is 295 g/mol. The van der Waals surface area contributed by atoms with E-state index in [1.165, 1.54) is 10.5 Å². The average molecular weight is 295 g/mol. The molecule has 1 aromatic carbocycles. The van der Waals surface area contributed by atoms with Gasteiger partial charge in [0.25, 0.3) is 0 Å². The number of aryl methyl sites for hydroxylation is 1. The van der Waals surface area contributed by atoms with E-state index >= 15 is 0 Å². The quantitative estimate of drug-likeness (QED) is 0.784. The first-order valence-electron chi connectivity index (χ1n) is 7.42. The number of hydrogen-bond donors (Lipinski definition) is 1. The SMILES string of the molecule is Cc1ccc(SCCN2CCC(OCCO)CC2)cc1. The van der Waals surface area contributed by atoms with E-state index in [2.05, 4.69) is 36.1 Å². The van der Waals surface area contributed by atoms with E-state index in [-0.39, 0.29) is 6.61 Å². The molecule has 0 spiro atoms. The molecule has 1 aliphatic rings. The number of thioether (sulfide) groups is 1. The van der Waals surface area contributed by atoms with E-state index in [1.807, 2.05) is 11.8 Å². The topological polar surface area (TPSA) is 32.7 Å². The molecular formula is C16H25NO2S. The Balaban J connectivity index is 1.60. The molecule has 0 unspecified atom stereocenters. The highest BCUT2D eigenvalue weighted by Gasteiger charge is 2.18. The second-order valence-electron chi connectivity index (χ2n) is 5.30. The van der Waals surface area contributed by atoms with Gasteiger partial charge in [0.05, 0.1) is 19.3 Å². The number of aliphatic hydroxyl groups excluding tert-OH is 1. The molecule has 0 aromatic heterocycles. The molecule has 3 nitrogen and oxygen atoms in total. The van der Waals surface area contributed by atoms with Gasteiger partial charge in [0, 0.05) is 30.3 Å². The van der Waals surface area contributed by atoms with Gasteiger partial charge in [0.15, 0.2) is 0 Å². The van der Waals surface area contributed by atoms with Gasteiger partial charge < -0.3 is 14.7 Å². The standard InChI is InChI=1S/C16H25NO2S/c1-14-2-4-16(5-3-14)20-13-10-17-8-6-15(7-9-17)19-12-11-18/h2-5,15,18H,6-13H2,1H3. The summed E-state index contributed by atoms with van der Waals surface area (Å²) in [5.41, 5.74) is 1.32. The van der Waals surface area contributed by atoms with Crippen molar-refractivity contribution >= 4 is 11.8 Å². The normalized spacial score (nSPS) is 17.5. The Bertz CT molecular complexity index is 375. The predicted molar refractivity (Wildman–Crippen MR) is 84.4 cm³/mol. The molecule has 112 valence electrons. The fourth-order valence-electron chi connectivity index (χ4n) is 2.45. The fourth-order valence-corrected chi connectivity index (χ4v) is 3.36. The van der Waals surface area contributed by atoms with Gasteiger partial charge in [0.2, 0.25) is 0 Å². The highest BCUT2D eigenvalue weighted by molar-refractivity contribution is 7.99. The van der Waals surface area contributed by atoms with Crippen molar-refractivity contribution < 1.29 is 9.84 Å².